The van der Waals surface area contributed by atoms with Gasteiger partial charge in [0.25, 0.3) is 0 Å². The molecule has 2 aliphatic carbocycles. The molecule has 0 radical (unpaired) electrons. The largest absolute Gasteiger partial charge is 0.311 e. The van der Waals surface area contributed by atoms with Crippen LogP contribution in [0.25, 0.3) is 0 Å². The molecule has 1 aromatic carbocycles. The summed E-state index contributed by atoms with van der Waals surface area (Å²) in [5.74, 6) is 0.804. The molecule has 2 saturated carbocycles. The molecule has 2 aliphatic rings. The van der Waals surface area contributed by atoms with Gasteiger partial charge in [0.1, 0.15) is 0 Å². The summed E-state index contributed by atoms with van der Waals surface area (Å²) in [6.45, 7) is 0. The molecule has 3 rings (SSSR count). The van der Waals surface area contributed by atoms with E-state index in [9.17, 15) is 0 Å². The molecule has 19 heavy (non-hydrogen) atoms. The zero-order valence-electron chi connectivity index (χ0n) is 11.8. The second-order valence-electron chi connectivity index (χ2n) is 6.16. The Bertz CT molecular complexity index is 386. The SMILES string of the molecule is CSC1CCCC(NC2CC(c3ccccc3)C2)C1. The molecule has 0 heterocycles. The number of thioether (sulfide) groups is 1. The molecule has 0 saturated heterocycles. The Kier molecular flexibility index (Phi) is 4.49. The van der Waals surface area contributed by atoms with E-state index in [4.69, 9.17) is 0 Å². The van der Waals surface area contributed by atoms with Crippen molar-refractivity contribution in [3.63, 3.8) is 0 Å². The summed E-state index contributed by atoms with van der Waals surface area (Å²) in [5, 5.41) is 4.81. The summed E-state index contributed by atoms with van der Waals surface area (Å²) < 4.78 is 0. The van der Waals surface area contributed by atoms with E-state index in [1.54, 1.807) is 0 Å². The summed E-state index contributed by atoms with van der Waals surface area (Å²) in [5.41, 5.74) is 1.53. The van der Waals surface area contributed by atoms with Crippen LogP contribution in [0.4, 0.5) is 0 Å². The van der Waals surface area contributed by atoms with Gasteiger partial charge in [-0.1, -0.05) is 36.8 Å². The number of hydrogen-bond donors (Lipinski definition) is 1. The molecule has 0 aliphatic heterocycles. The van der Waals surface area contributed by atoms with Crippen LogP contribution in [0.15, 0.2) is 30.3 Å². The Hall–Kier alpha value is -0.470. The van der Waals surface area contributed by atoms with Crippen LogP contribution in [0.2, 0.25) is 0 Å². The average Bonchev–Trinajstić information content (AvgIpc) is 2.43. The highest BCUT2D eigenvalue weighted by molar-refractivity contribution is 7.99. The first kappa shape index (κ1) is 13.5. The minimum atomic E-state index is 0.774. The predicted molar refractivity (Wildman–Crippen MR) is 84.9 cm³/mol. The quantitative estimate of drug-likeness (QED) is 0.884. The average molecular weight is 275 g/mol. The van der Waals surface area contributed by atoms with Crippen molar-refractivity contribution >= 4 is 11.8 Å². The third kappa shape index (κ3) is 3.35. The molecule has 2 heteroatoms. The summed E-state index contributed by atoms with van der Waals surface area (Å²) in [6, 6.07) is 12.6. The molecular formula is C17H25NS. The minimum Gasteiger partial charge on any atom is -0.311 e. The van der Waals surface area contributed by atoms with Crippen molar-refractivity contribution < 1.29 is 0 Å². The molecular weight excluding hydrogens is 250 g/mol. The Balaban J connectivity index is 1.44. The number of hydrogen-bond acceptors (Lipinski definition) is 2. The number of benzene rings is 1. The van der Waals surface area contributed by atoms with Gasteiger partial charge in [-0.3, -0.25) is 0 Å². The topological polar surface area (TPSA) is 12.0 Å². The van der Waals surface area contributed by atoms with Crippen molar-refractivity contribution in [3.05, 3.63) is 35.9 Å². The molecule has 0 spiro atoms. The van der Waals surface area contributed by atoms with Crippen LogP contribution in [-0.2, 0) is 0 Å². The standard InChI is InChI=1S/C17H25NS/c1-19-17-9-5-8-15(12-17)18-16-10-14(11-16)13-6-3-2-4-7-13/h2-4,6-7,14-18H,5,8-12H2,1H3. The van der Waals surface area contributed by atoms with E-state index in [2.05, 4.69) is 53.7 Å². The Morgan fingerprint density at radius 1 is 1.00 bits per heavy atom. The minimum absolute atomic E-state index is 0.774. The fraction of sp³-hybridized carbons (Fsp3) is 0.647. The normalized spacial score (nSPS) is 34.8. The highest BCUT2D eigenvalue weighted by atomic mass is 32.2. The van der Waals surface area contributed by atoms with Crippen LogP contribution < -0.4 is 5.32 Å². The van der Waals surface area contributed by atoms with E-state index in [-0.39, 0.29) is 0 Å². The molecule has 2 unspecified atom stereocenters. The lowest BCUT2D eigenvalue weighted by Gasteiger charge is -2.40. The Morgan fingerprint density at radius 2 is 1.79 bits per heavy atom. The maximum atomic E-state index is 3.91. The fourth-order valence-corrected chi connectivity index (χ4v) is 4.42. The van der Waals surface area contributed by atoms with Crippen molar-refractivity contribution in [2.75, 3.05) is 6.26 Å². The van der Waals surface area contributed by atoms with Gasteiger partial charge in [-0.15, -0.1) is 0 Å². The number of rotatable bonds is 4. The predicted octanol–water partition coefficient (Wildman–Crippen LogP) is 4.20. The van der Waals surface area contributed by atoms with Crippen molar-refractivity contribution in [1.29, 1.82) is 0 Å². The van der Waals surface area contributed by atoms with Gasteiger partial charge >= 0.3 is 0 Å². The van der Waals surface area contributed by atoms with Gasteiger partial charge in [-0.2, -0.15) is 11.8 Å². The third-order valence-corrected chi connectivity index (χ3v) is 5.93. The molecule has 2 fully saturated rings. The van der Waals surface area contributed by atoms with Crippen molar-refractivity contribution in [3.8, 4) is 0 Å². The smallest absolute Gasteiger partial charge is 0.00813 e. The van der Waals surface area contributed by atoms with Crippen LogP contribution in [0.1, 0.15) is 50.0 Å². The van der Waals surface area contributed by atoms with Crippen molar-refractivity contribution in [2.45, 2.75) is 61.8 Å². The maximum Gasteiger partial charge on any atom is 0.00813 e. The van der Waals surface area contributed by atoms with Crippen LogP contribution in [0, 0.1) is 0 Å². The van der Waals surface area contributed by atoms with Crippen LogP contribution in [-0.4, -0.2) is 23.6 Å². The maximum absolute atomic E-state index is 3.91. The molecule has 1 nitrogen and oxygen atoms in total. The fourth-order valence-electron chi connectivity index (χ4n) is 3.60. The molecule has 0 amide bonds. The molecule has 104 valence electrons. The van der Waals surface area contributed by atoms with E-state index in [0.717, 1.165) is 23.3 Å². The lowest BCUT2D eigenvalue weighted by Crippen LogP contribution is -2.47. The third-order valence-electron chi connectivity index (χ3n) is 4.84. The second kappa shape index (κ2) is 6.32. The monoisotopic (exact) mass is 275 g/mol. The van der Waals surface area contributed by atoms with Gasteiger partial charge in [0.05, 0.1) is 0 Å². The summed E-state index contributed by atoms with van der Waals surface area (Å²) in [7, 11) is 0. The first-order valence-electron chi connectivity index (χ1n) is 7.69. The van der Waals surface area contributed by atoms with E-state index in [0.29, 0.717) is 0 Å². The highest BCUT2D eigenvalue weighted by Crippen LogP contribution is 2.38. The molecule has 0 aromatic heterocycles. The summed E-state index contributed by atoms with van der Waals surface area (Å²) in [6.07, 6.45) is 10.6. The van der Waals surface area contributed by atoms with Crippen LogP contribution >= 0.6 is 11.8 Å². The highest BCUT2D eigenvalue weighted by Gasteiger charge is 2.32. The zero-order chi connectivity index (χ0) is 13.1. The zero-order valence-corrected chi connectivity index (χ0v) is 12.7. The molecule has 0 bridgehead atoms. The van der Waals surface area contributed by atoms with Crippen LogP contribution in [0.3, 0.4) is 0 Å². The Labute approximate surface area is 121 Å². The van der Waals surface area contributed by atoms with E-state index >= 15 is 0 Å². The van der Waals surface area contributed by atoms with Gasteiger partial charge in [0.15, 0.2) is 0 Å². The van der Waals surface area contributed by atoms with Gasteiger partial charge in [0.2, 0.25) is 0 Å². The van der Waals surface area contributed by atoms with Gasteiger partial charge in [-0.05, 0) is 49.8 Å². The summed E-state index contributed by atoms with van der Waals surface area (Å²) >= 11 is 2.06. The first-order valence-corrected chi connectivity index (χ1v) is 8.97. The van der Waals surface area contributed by atoms with Crippen molar-refractivity contribution in [1.82, 2.24) is 5.32 Å². The van der Waals surface area contributed by atoms with E-state index in [1.807, 2.05) is 0 Å². The van der Waals surface area contributed by atoms with Crippen LogP contribution in [0.5, 0.6) is 0 Å². The lowest BCUT2D eigenvalue weighted by atomic mass is 9.75. The van der Waals surface area contributed by atoms with E-state index < -0.39 is 0 Å². The number of nitrogens with one attached hydrogen (secondary N) is 1. The van der Waals surface area contributed by atoms with Gasteiger partial charge in [-0.25, -0.2) is 0 Å². The summed E-state index contributed by atoms with van der Waals surface area (Å²) in [4.78, 5) is 0. The molecule has 1 aromatic rings. The molecule has 1 N–H and O–H groups in total. The molecule has 2 atom stereocenters. The van der Waals surface area contributed by atoms with E-state index in [1.165, 1.54) is 44.1 Å². The second-order valence-corrected chi connectivity index (χ2v) is 7.30. The van der Waals surface area contributed by atoms with Gasteiger partial charge < -0.3 is 5.32 Å². The van der Waals surface area contributed by atoms with Crippen molar-refractivity contribution in [2.24, 2.45) is 0 Å². The Morgan fingerprint density at radius 3 is 2.53 bits per heavy atom. The first-order chi connectivity index (χ1) is 9.35. The van der Waals surface area contributed by atoms with Gasteiger partial charge in [0, 0.05) is 17.3 Å². The lowest BCUT2D eigenvalue weighted by molar-refractivity contribution is 0.240.